The minimum absolute atomic E-state index is 0.0182. The third kappa shape index (κ3) is 12.6. The summed E-state index contributed by atoms with van der Waals surface area (Å²) in [7, 11) is 0. The Morgan fingerprint density at radius 1 is 0.624 bits per heavy atom. The van der Waals surface area contributed by atoms with E-state index in [-0.39, 0.29) is 24.0 Å². The van der Waals surface area contributed by atoms with Crippen molar-refractivity contribution >= 4 is 56.5 Å². The number of hydrogen-bond donors (Lipinski definition) is 6. The van der Waals surface area contributed by atoms with Crippen LogP contribution in [0.15, 0.2) is 127 Å². The molecule has 6 aromatic heterocycles. The number of carbonyl (C=O) groups is 3. The molecule has 0 saturated carbocycles. The van der Waals surface area contributed by atoms with Crippen LogP contribution in [0.3, 0.4) is 0 Å². The fourth-order valence-corrected chi connectivity index (χ4v) is 12.4. The number of hydrogen-bond acceptors (Lipinski definition) is 16. The number of esters is 1. The van der Waals surface area contributed by atoms with Gasteiger partial charge in [-0.05, 0) is 132 Å². The average Bonchev–Trinajstić information content (AvgIpc) is 2.11. The molecule has 22 nitrogen and oxygen atoms in total. The largest absolute Gasteiger partial charge is 0.481 e. The SMILES string of the molecule is CC(C)(O)C(C(=O)O)c1cccc(-c2cc(-c3ccnn3C3CCOCC3)c3c(N)ncnn23)c1.CC(C)(O)C(C(=O)O)c1cccc(Br)c1.CC1(C)OC(=O)CC1c1cccc(-c2cc(-c3ccnn3C3CCOCC3)c3c(N)ncnn23)c1. The number of halogens is 1. The van der Waals surface area contributed by atoms with Gasteiger partial charge < -0.3 is 46.1 Å². The number of carbonyl (C=O) groups excluding carboxylic acids is 1. The number of nitrogens with zero attached hydrogens (tertiary/aromatic N) is 10. The van der Waals surface area contributed by atoms with Crippen molar-refractivity contribution in [3.8, 4) is 45.0 Å². The standard InChI is InChI=1S/C26H28N6O3.C25H28N6O4.C11H13BrO3/c1-26(2)20(14-23(33)35-26)16-4-3-5-17(12-16)22-13-19(24-25(27)28-15-30-32(22)24)21-6-9-29-31(21)18-7-10-34-11-8-18;1-25(2,34)21(24(32)33)16-5-3-4-15(12-16)20-13-18(22-23(26)27-14-29-31(20)22)19-6-9-28-30(19)17-7-10-35-11-8-17;1-11(2,15)9(10(13)14)7-4-3-5-8(12)6-7/h3-6,9,12-13,15,18,20H,7-8,10-11,14H2,1-2H3,(H2,27,28,30);3-6,9,12-14,17,21,34H,7-8,10-11H2,1-2H3,(H,32,33)(H2,26,27,29);3-6,9,15H,1-2H3,(H,13,14). The van der Waals surface area contributed by atoms with Crippen molar-refractivity contribution in [2.75, 3.05) is 37.9 Å². The Bertz CT molecular complexity index is 3900. The zero-order chi connectivity index (χ0) is 60.5. The lowest BCUT2D eigenvalue weighted by atomic mass is 9.84. The first-order valence-corrected chi connectivity index (χ1v) is 28.9. The van der Waals surface area contributed by atoms with Crippen LogP contribution in [0.4, 0.5) is 11.6 Å². The number of rotatable bonds is 13. The van der Waals surface area contributed by atoms with Gasteiger partial charge in [-0.15, -0.1) is 0 Å². The summed E-state index contributed by atoms with van der Waals surface area (Å²) in [5.41, 5.74) is 20.0. The van der Waals surface area contributed by atoms with Gasteiger partial charge in [0.1, 0.15) is 41.1 Å². The number of carboxylic acids is 2. The van der Waals surface area contributed by atoms with E-state index in [2.05, 4.69) is 69.2 Å². The van der Waals surface area contributed by atoms with Crippen LogP contribution in [0.25, 0.3) is 56.1 Å². The summed E-state index contributed by atoms with van der Waals surface area (Å²) in [6.07, 6.45) is 10.4. The molecule has 3 fully saturated rings. The maximum absolute atomic E-state index is 12.0. The number of ether oxygens (including phenoxy) is 3. The predicted molar refractivity (Wildman–Crippen MR) is 321 cm³/mol. The average molecular weight is 1220 g/mol. The molecular weight excluding hydrogens is 1150 g/mol. The van der Waals surface area contributed by atoms with E-state index in [0.29, 0.717) is 47.9 Å². The lowest BCUT2D eigenvalue weighted by Crippen LogP contribution is -2.34. The summed E-state index contributed by atoms with van der Waals surface area (Å²) in [6.45, 7) is 12.7. The zero-order valence-electron chi connectivity index (χ0n) is 48.0. The number of benzene rings is 3. The first kappa shape index (κ1) is 59.8. The molecule has 444 valence electrons. The van der Waals surface area contributed by atoms with Gasteiger partial charge in [-0.2, -0.15) is 20.4 Å². The van der Waals surface area contributed by atoms with E-state index < -0.39 is 40.6 Å². The monoisotopic (exact) mass is 1220 g/mol. The van der Waals surface area contributed by atoms with Crippen LogP contribution >= 0.6 is 15.9 Å². The van der Waals surface area contributed by atoms with Crippen LogP contribution < -0.4 is 11.5 Å². The Labute approximate surface area is 498 Å². The molecule has 85 heavy (non-hydrogen) atoms. The van der Waals surface area contributed by atoms with Crippen molar-refractivity contribution in [1.29, 1.82) is 0 Å². The molecule has 12 rings (SSSR count). The van der Waals surface area contributed by atoms with E-state index in [9.17, 15) is 29.7 Å². The molecule has 9 aromatic rings. The van der Waals surface area contributed by atoms with Crippen LogP contribution in [0.5, 0.6) is 0 Å². The molecule has 0 aliphatic carbocycles. The summed E-state index contributed by atoms with van der Waals surface area (Å²) in [5.74, 6) is -3.58. The zero-order valence-corrected chi connectivity index (χ0v) is 49.6. The molecule has 3 atom stereocenters. The molecule has 8 N–H and O–H groups in total. The van der Waals surface area contributed by atoms with Crippen LogP contribution in [-0.4, -0.2) is 130 Å². The molecule has 23 heteroatoms. The molecule has 3 saturated heterocycles. The summed E-state index contributed by atoms with van der Waals surface area (Å²) >= 11 is 3.27. The molecule has 0 spiro atoms. The van der Waals surface area contributed by atoms with Crippen molar-refractivity contribution in [3.63, 3.8) is 0 Å². The summed E-state index contributed by atoms with van der Waals surface area (Å²) in [5, 5.41) is 57.4. The molecule has 0 radical (unpaired) electrons. The molecule has 3 aromatic carbocycles. The summed E-state index contributed by atoms with van der Waals surface area (Å²) < 4.78 is 25.1. The third-order valence-electron chi connectivity index (χ3n) is 15.9. The minimum Gasteiger partial charge on any atom is -0.481 e. The van der Waals surface area contributed by atoms with Crippen LogP contribution in [0.2, 0.25) is 0 Å². The second-order valence-electron chi connectivity index (χ2n) is 23.2. The fraction of sp³-hybridized carbons (Fsp3) is 0.371. The lowest BCUT2D eigenvalue weighted by Gasteiger charge is -2.26. The van der Waals surface area contributed by atoms with Gasteiger partial charge in [0.2, 0.25) is 0 Å². The highest BCUT2D eigenvalue weighted by atomic mass is 79.9. The van der Waals surface area contributed by atoms with Gasteiger partial charge in [-0.1, -0.05) is 64.5 Å². The maximum atomic E-state index is 12.0. The number of aliphatic hydroxyl groups is 2. The summed E-state index contributed by atoms with van der Waals surface area (Å²) in [4.78, 5) is 43.6. The maximum Gasteiger partial charge on any atom is 0.313 e. The smallest absolute Gasteiger partial charge is 0.313 e. The number of aliphatic carboxylic acids is 2. The lowest BCUT2D eigenvalue weighted by molar-refractivity contribution is -0.146. The first-order valence-electron chi connectivity index (χ1n) is 28.1. The van der Waals surface area contributed by atoms with E-state index >= 15 is 0 Å². The molecule has 0 amide bonds. The Morgan fingerprint density at radius 3 is 1.51 bits per heavy atom. The van der Waals surface area contributed by atoms with Crippen molar-refractivity contribution in [3.05, 3.63) is 143 Å². The Balaban J connectivity index is 0.000000153. The van der Waals surface area contributed by atoms with Gasteiger partial charge in [0.05, 0.1) is 52.5 Å². The van der Waals surface area contributed by atoms with Crippen molar-refractivity contribution in [2.24, 2.45) is 0 Å². The number of fused-ring (bicyclic) bond motifs is 2. The normalized spacial score (nSPS) is 17.4. The van der Waals surface area contributed by atoms with E-state index in [0.717, 1.165) is 99.5 Å². The Morgan fingerprint density at radius 2 is 1.07 bits per heavy atom. The van der Waals surface area contributed by atoms with E-state index in [1.807, 2.05) is 71.7 Å². The molecule has 0 bridgehead atoms. The number of nitrogen functional groups attached to an aromatic ring is 2. The van der Waals surface area contributed by atoms with Crippen molar-refractivity contribution in [2.45, 2.75) is 120 Å². The minimum atomic E-state index is -1.44. The molecule has 3 unspecified atom stereocenters. The molecule has 9 heterocycles. The van der Waals surface area contributed by atoms with E-state index in [1.165, 1.54) is 40.3 Å². The topological polar surface area (TPSA) is 308 Å². The highest BCUT2D eigenvalue weighted by molar-refractivity contribution is 9.10. The van der Waals surface area contributed by atoms with Gasteiger partial charge in [0, 0.05) is 71.5 Å². The summed E-state index contributed by atoms with van der Waals surface area (Å²) in [6, 6.07) is 30.9. The van der Waals surface area contributed by atoms with Crippen LogP contribution in [0, 0.1) is 0 Å². The number of anilines is 2. The first-order chi connectivity index (χ1) is 40.5. The highest BCUT2D eigenvalue weighted by Crippen LogP contribution is 2.44. The molecule has 3 aliphatic rings. The quantitative estimate of drug-likeness (QED) is 0.0585. The van der Waals surface area contributed by atoms with E-state index in [4.69, 9.17) is 30.8 Å². The second-order valence-corrected chi connectivity index (χ2v) is 24.1. The third-order valence-corrected chi connectivity index (χ3v) is 16.4. The van der Waals surface area contributed by atoms with Crippen LogP contribution in [0.1, 0.15) is 120 Å². The van der Waals surface area contributed by atoms with Crippen molar-refractivity contribution < 1.29 is 49.0 Å². The Kier molecular flexibility index (Phi) is 17.1. The number of aromatic nitrogens is 10. The van der Waals surface area contributed by atoms with Crippen molar-refractivity contribution in [1.82, 2.24) is 48.8 Å². The van der Waals surface area contributed by atoms with Gasteiger partial charge in [0.25, 0.3) is 0 Å². The number of carboxylic acid groups (broad SMARTS) is 2. The van der Waals surface area contributed by atoms with Gasteiger partial charge >= 0.3 is 17.9 Å². The second kappa shape index (κ2) is 24.3. The van der Waals surface area contributed by atoms with Gasteiger partial charge in [-0.25, -0.2) is 19.0 Å². The highest BCUT2D eigenvalue weighted by Gasteiger charge is 2.43. The van der Waals surface area contributed by atoms with Gasteiger partial charge in [-0.3, -0.25) is 23.7 Å². The Hall–Kier alpha value is -8.35. The molecular formula is C62H69BrN12O10. The molecule has 3 aliphatic heterocycles. The number of nitrogens with two attached hydrogens (primary N) is 2. The van der Waals surface area contributed by atoms with Crippen LogP contribution in [-0.2, 0) is 28.6 Å². The van der Waals surface area contributed by atoms with Gasteiger partial charge in [0.15, 0.2) is 11.6 Å². The predicted octanol–water partition coefficient (Wildman–Crippen LogP) is 9.52. The number of cyclic esters (lactones) is 1. The fourth-order valence-electron chi connectivity index (χ4n) is 12.0. The van der Waals surface area contributed by atoms with E-state index in [1.54, 1.807) is 47.1 Å².